The van der Waals surface area contributed by atoms with Crippen molar-refractivity contribution in [3.63, 3.8) is 0 Å². The second-order valence-corrected chi connectivity index (χ2v) is 3.75. The number of pyridine rings is 1. The topological polar surface area (TPSA) is 12.9 Å². The molecule has 3 rings (SSSR count). The molecular weight excluding hydrogens is 182 g/mol. The van der Waals surface area contributed by atoms with E-state index in [4.69, 9.17) is 0 Å². The Kier molecular flexibility index (Phi) is 1.88. The Bertz CT molecular complexity index is 479. The lowest BCUT2D eigenvalue weighted by atomic mass is 10.0. The highest BCUT2D eigenvalue weighted by molar-refractivity contribution is 5.74. The second kappa shape index (κ2) is 3.35. The fourth-order valence-corrected chi connectivity index (χ4v) is 1.97. The molecule has 1 heterocycles. The normalized spacial score (nSPS) is 12.8. The highest BCUT2D eigenvalue weighted by atomic mass is 14.7. The van der Waals surface area contributed by atoms with Gasteiger partial charge in [0.15, 0.2) is 0 Å². The Hall–Kier alpha value is -1.89. The van der Waals surface area contributed by atoms with Crippen molar-refractivity contribution in [2.24, 2.45) is 0 Å². The van der Waals surface area contributed by atoms with Gasteiger partial charge in [-0.3, -0.25) is 4.98 Å². The van der Waals surface area contributed by atoms with Crippen LogP contribution in [0.5, 0.6) is 0 Å². The number of benzene rings is 1. The van der Waals surface area contributed by atoms with Crippen molar-refractivity contribution in [3.05, 3.63) is 65.0 Å². The van der Waals surface area contributed by atoms with Gasteiger partial charge in [0.05, 0.1) is 5.69 Å². The molecule has 1 aromatic carbocycles. The standard InChI is InChI=1S/C14H11N/c1-2-5-13-10-14-12(6-3-9-15-14)8-7-11(13)4-1/h1-9H,10H2. The van der Waals surface area contributed by atoms with Gasteiger partial charge in [-0.25, -0.2) is 0 Å². The number of hydrogen-bond donors (Lipinski definition) is 0. The fraction of sp³-hybridized carbons (Fsp3) is 0.0714. The maximum Gasteiger partial charge on any atom is 0.0519 e. The zero-order valence-electron chi connectivity index (χ0n) is 8.35. The van der Waals surface area contributed by atoms with Crippen molar-refractivity contribution in [3.8, 4) is 0 Å². The highest BCUT2D eigenvalue weighted by Gasteiger charge is 2.08. The molecule has 0 unspecified atom stereocenters. The molecule has 1 aromatic heterocycles. The summed E-state index contributed by atoms with van der Waals surface area (Å²) in [5.41, 5.74) is 5.05. The van der Waals surface area contributed by atoms with Crippen LogP contribution in [0.4, 0.5) is 0 Å². The molecule has 0 saturated carbocycles. The Morgan fingerprint density at radius 1 is 0.867 bits per heavy atom. The van der Waals surface area contributed by atoms with Gasteiger partial charge in [-0.1, -0.05) is 42.5 Å². The van der Waals surface area contributed by atoms with E-state index in [1.54, 1.807) is 0 Å². The van der Waals surface area contributed by atoms with Crippen molar-refractivity contribution in [1.82, 2.24) is 4.98 Å². The monoisotopic (exact) mass is 193 g/mol. The first-order valence-corrected chi connectivity index (χ1v) is 5.13. The van der Waals surface area contributed by atoms with E-state index in [0.29, 0.717) is 0 Å². The summed E-state index contributed by atoms with van der Waals surface area (Å²) in [6.45, 7) is 0. The Morgan fingerprint density at radius 3 is 2.67 bits per heavy atom. The highest BCUT2D eigenvalue weighted by Crippen LogP contribution is 2.22. The largest absolute Gasteiger partial charge is 0.260 e. The zero-order valence-corrected chi connectivity index (χ0v) is 8.35. The van der Waals surface area contributed by atoms with Gasteiger partial charge in [0.2, 0.25) is 0 Å². The van der Waals surface area contributed by atoms with E-state index in [1.165, 1.54) is 22.4 Å². The number of fused-ring (bicyclic) bond motifs is 2. The summed E-state index contributed by atoms with van der Waals surface area (Å²) in [6.07, 6.45) is 7.11. The van der Waals surface area contributed by atoms with E-state index >= 15 is 0 Å². The third-order valence-electron chi connectivity index (χ3n) is 2.78. The van der Waals surface area contributed by atoms with Crippen LogP contribution in [0, 0.1) is 0 Å². The predicted octanol–water partition coefficient (Wildman–Crippen LogP) is 3.16. The molecule has 0 fully saturated rings. The van der Waals surface area contributed by atoms with Crippen molar-refractivity contribution < 1.29 is 0 Å². The summed E-state index contributed by atoms with van der Waals surface area (Å²) in [4.78, 5) is 4.43. The molecule has 2 aromatic rings. The van der Waals surface area contributed by atoms with Crippen molar-refractivity contribution in [2.75, 3.05) is 0 Å². The molecule has 0 radical (unpaired) electrons. The third-order valence-corrected chi connectivity index (χ3v) is 2.78. The van der Waals surface area contributed by atoms with Crippen molar-refractivity contribution >= 4 is 12.2 Å². The molecule has 0 N–H and O–H groups in total. The van der Waals surface area contributed by atoms with E-state index in [1.807, 2.05) is 12.3 Å². The van der Waals surface area contributed by atoms with Crippen LogP contribution in [0.1, 0.15) is 22.4 Å². The average Bonchev–Trinajstić information content (AvgIpc) is 2.48. The van der Waals surface area contributed by atoms with Gasteiger partial charge in [0.25, 0.3) is 0 Å². The molecule has 0 saturated heterocycles. The predicted molar refractivity (Wildman–Crippen MR) is 62.4 cm³/mol. The first-order chi connectivity index (χ1) is 7.43. The van der Waals surface area contributed by atoms with E-state index < -0.39 is 0 Å². The minimum atomic E-state index is 0.930. The van der Waals surface area contributed by atoms with E-state index in [0.717, 1.165) is 6.42 Å². The average molecular weight is 193 g/mol. The van der Waals surface area contributed by atoms with Gasteiger partial charge in [-0.05, 0) is 22.8 Å². The van der Waals surface area contributed by atoms with Gasteiger partial charge >= 0.3 is 0 Å². The van der Waals surface area contributed by atoms with Crippen LogP contribution in [0.15, 0.2) is 42.6 Å². The van der Waals surface area contributed by atoms with Crippen molar-refractivity contribution in [1.29, 1.82) is 0 Å². The molecule has 1 aliphatic rings. The maximum atomic E-state index is 4.43. The van der Waals surface area contributed by atoms with Crippen LogP contribution in [0.25, 0.3) is 12.2 Å². The number of nitrogens with zero attached hydrogens (tertiary/aromatic N) is 1. The number of rotatable bonds is 0. The molecule has 1 nitrogen and oxygen atoms in total. The third kappa shape index (κ3) is 1.46. The molecule has 0 bridgehead atoms. The van der Waals surface area contributed by atoms with E-state index in [-0.39, 0.29) is 0 Å². The van der Waals surface area contributed by atoms with Crippen LogP contribution in [0.2, 0.25) is 0 Å². The SMILES string of the molecule is C1=Cc2cccnc2Cc2ccccc21. The summed E-state index contributed by atoms with van der Waals surface area (Å²) < 4.78 is 0. The molecule has 0 amide bonds. The van der Waals surface area contributed by atoms with Crippen LogP contribution in [-0.4, -0.2) is 4.98 Å². The minimum Gasteiger partial charge on any atom is -0.260 e. The van der Waals surface area contributed by atoms with Gasteiger partial charge in [0, 0.05) is 12.6 Å². The summed E-state index contributed by atoms with van der Waals surface area (Å²) in [5.74, 6) is 0. The van der Waals surface area contributed by atoms with Gasteiger partial charge in [-0.2, -0.15) is 0 Å². The summed E-state index contributed by atoms with van der Waals surface area (Å²) in [6, 6.07) is 12.6. The second-order valence-electron chi connectivity index (χ2n) is 3.75. The Morgan fingerprint density at radius 2 is 1.67 bits per heavy atom. The maximum absolute atomic E-state index is 4.43. The fourth-order valence-electron chi connectivity index (χ4n) is 1.97. The summed E-state index contributed by atoms with van der Waals surface area (Å²) >= 11 is 0. The Balaban J connectivity index is 2.19. The molecule has 0 aliphatic heterocycles. The van der Waals surface area contributed by atoms with Crippen LogP contribution < -0.4 is 0 Å². The van der Waals surface area contributed by atoms with Gasteiger partial charge in [0.1, 0.15) is 0 Å². The summed E-state index contributed by atoms with van der Waals surface area (Å²) in [5, 5.41) is 0. The van der Waals surface area contributed by atoms with Gasteiger partial charge in [-0.15, -0.1) is 0 Å². The summed E-state index contributed by atoms with van der Waals surface area (Å²) in [7, 11) is 0. The number of aromatic nitrogens is 1. The first kappa shape index (κ1) is 8.42. The lowest BCUT2D eigenvalue weighted by Crippen LogP contribution is -1.94. The quantitative estimate of drug-likeness (QED) is 0.534. The van der Waals surface area contributed by atoms with Crippen LogP contribution >= 0.6 is 0 Å². The molecular formula is C14H11N. The van der Waals surface area contributed by atoms with Crippen LogP contribution in [0.3, 0.4) is 0 Å². The smallest absolute Gasteiger partial charge is 0.0519 e. The Labute approximate surface area is 89.1 Å². The molecule has 1 heteroatoms. The molecule has 0 atom stereocenters. The molecule has 15 heavy (non-hydrogen) atoms. The first-order valence-electron chi connectivity index (χ1n) is 5.13. The van der Waals surface area contributed by atoms with E-state index in [9.17, 15) is 0 Å². The molecule has 72 valence electrons. The molecule has 0 spiro atoms. The van der Waals surface area contributed by atoms with Crippen molar-refractivity contribution in [2.45, 2.75) is 6.42 Å². The van der Waals surface area contributed by atoms with Crippen LogP contribution in [-0.2, 0) is 6.42 Å². The van der Waals surface area contributed by atoms with E-state index in [2.05, 4.69) is 47.5 Å². The lowest BCUT2D eigenvalue weighted by molar-refractivity contribution is 1.07. The zero-order chi connectivity index (χ0) is 10.1. The number of hydrogen-bond acceptors (Lipinski definition) is 1. The minimum absolute atomic E-state index is 0.930. The lowest BCUT2D eigenvalue weighted by Gasteiger charge is -2.03. The molecule has 1 aliphatic carbocycles. The van der Waals surface area contributed by atoms with Gasteiger partial charge < -0.3 is 0 Å².